The number of nitrogens with zero attached hydrogens (tertiary/aromatic N) is 6. The van der Waals surface area contributed by atoms with Crippen molar-refractivity contribution in [3.63, 3.8) is 0 Å². The van der Waals surface area contributed by atoms with E-state index in [1.54, 1.807) is 37.4 Å². The van der Waals surface area contributed by atoms with Gasteiger partial charge in [0.2, 0.25) is 5.95 Å². The third kappa shape index (κ3) is 7.75. The summed E-state index contributed by atoms with van der Waals surface area (Å²) in [6.07, 6.45) is 1.39. The minimum Gasteiger partial charge on any atom is -0.484 e. The summed E-state index contributed by atoms with van der Waals surface area (Å²) < 4.78 is 25.7. The maximum atomic E-state index is 15.1. The highest BCUT2D eigenvalue weighted by atomic mass is 19.1. The second kappa shape index (κ2) is 14.0. The average Bonchev–Trinajstić information content (AvgIpc) is 2.99. The standard InChI is InChI=1S/C29H25FN8O3/c1-40-17-21-9-6-8-20(34-21)15-33-16-26(38-32)25-13-24(23-12-5-7-19(14-31)28(23)30)35-29(36-25)37-27(39)18-41-22-10-3-2-4-11-22/h2-13,16H,15,17-18,32H2,1H3,(H,35,36,37,39). The van der Waals surface area contributed by atoms with Crippen LogP contribution in [0.1, 0.15) is 22.6 Å². The summed E-state index contributed by atoms with van der Waals surface area (Å²) in [6, 6.07) is 21.9. The summed E-state index contributed by atoms with van der Waals surface area (Å²) in [4.78, 5) is 30.1. The number of carbonyl (C=O) groups excluding carboxylic acids is 1. The zero-order chi connectivity index (χ0) is 29.0. The van der Waals surface area contributed by atoms with E-state index >= 15 is 4.39 Å². The first-order valence-corrected chi connectivity index (χ1v) is 12.3. The van der Waals surface area contributed by atoms with Crippen molar-refractivity contribution in [1.29, 1.82) is 5.26 Å². The highest BCUT2D eigenvalue weighted by molar-refractivity contribution is 6.37. The molecule has 2 aromatic carbocycles. The number of nitrogens with two attached hydrogens (primary N) is 1. The molecule has 4 rings (SSSR count). The monoisotopic (exact) mass is 552 g/mol. The number of para-hydroxylation sites is 1. The van der Waals surface area contributed by atoms with Crippen LogP contribution >= 0.6 is 0 Å². The number of nitrogens with one attached hydrogen (secondary N) is 1. The molecule has 12 heteroatoms. The maximum Gasteiger partial charge on any atom is 0.264 e. The molecule has 0 bridgehead atoms. The third-order valence-electron chi connectivity index (χ3n) is 5.51. The van der Waals surface area contributed by atoms with Crippen LogP contribution in [-0.4, -0.2) is 46.5 Å². The van der Waals surface area contributed by atoms with Gasteiger partial charge in [-0.05, 0) is 42.5 Å². The Labute approximate surface area is 235 Å². The molecule has 0 spiro atoms. The van der Waals surface area contributed by atoms with E-state index in [0.717, 1.165) is 5.69 Å². The Hall–Kier alpha value is -5.54. The van der Waals surface area contributed by atoms with Gasteiger partial charge in [0.25, 0.3) is 5.91 Å². The van der Waals surface area contributed by atoms with Gasteiger partial charge in [0.05, 0.1) is 47.7 Å². The van der Waals surface area contributed by atoms with E-state index in [9.17, 15) is 10.1 Å². The van der Waals surface area contributed by atoms with E-state index < -0.39 is 11.7 Å². The lowest BCUT2D eigenvalue weighted by atomic mass is 10.1. The fraction of sp³-hybridized carbons (Fsp3) is 0.138. The number of hydrazone groups is 1. The number of hydrogen-bond donors (Lipinski definition) is 2. The van der Waals surface area contributed by atoms with Crippen LogP contribution < -0.4 is 15.9 Å². The molecular weight excluding hydrogens is 527 g/mol. The Morgan fingerprint density at radius 3 is 2.61 bits per heavy atom. The van der Waals surface area contributed by atoms with Crippen molar-refractivity contribution >= 4 is 23.8 Å². The van der Waals surface area contributed by atoms with Crippen LogP contribution in [0.25, 0.3) is 11.3 Å². The fourth-order valence-electron chi connectivity index (χ4n) is 3.65. The molecule has 3 N–H and O–H groups in total. The molecule has 2 aromatic heterocycles. The molecule has 0 aliphatic heterocycles. The fourth-order valence-corrected chi connectivity index (χ4v) is 3.65. The molecule has 4 aromatic rings. The first-order chi connectivity index (χ1) is 20.0. The molecule has 206 valence electrons. The van der Waals surface area contributed by atoms with Crippen molar-refractivity contribution < 1.29 is 18.7 Å². The highest BCUT2D eigenvalue weighted by Gasteiger charge is 2.17. The minimum atomic E-state index is -0.772. The van der Waals surface area contributed by atoms with Gasteiger partial charge in [0.1, 0.15) is 23.3 Å². The van der Waals surface area contributed by atoms with Gasteiger partial charge < -0.3 is 15.3 Å². The Morgan fingerprint density at radius 1 is 1.07 bits per heavy atom. The predicted octanol–water partition coefficient (Wildman–Crippen LogP) is 3.65. The number of amides is 1. The first-order valence-electron chi connectivity index (χ1n) is 12.3. The van der Waals surface area contributed by atoms with Crippen molar-refractivity contribution in [2.45, 2.75) is 13.2 Å². The maximum absolute atomic E-state index is 15.1. The van der Waals surface area contributed by atoms with E-state index in [1.165, 1.54) is 30.5 Å². The molecule has 0 saturated heterocycles. The van der Waals surface area contributed by atoms with Crippen LogP contribution in [-0.2, 0) is 22.7 Å². The van der Waals surface area contributed by atoms with Crippen LogP contribution in [0, 0.1) is 17.1 Å². The number of hydrogen-bond acceptors (Lipinski definition) is 10. The van der Waals surface area contributed by atoms with Crippen LogP contribution in [0.4, 0.5) is 10.3 Å². The van der Waals surface area contributed by atoms with E-state index in [1.807, 2.05) is 24.3 Å². The van der Waals surface area contributed by atoms with Crippen LogP contribution in [0.15, 0.2) is 82.9 Å². The van der Waals surface area contributed by atoms with E-state index in [-0.39, 0.29) is 47.3 Å². The minimum absolute atomic E-state index is 0.0243. The number of pyridine rings is 1. The summed E-state index contributed by atoms with van der Waals surface area (Å²) in [6.45, 7) is 0.263. The molecular formula is C29H25FN8O3. The quantitative estimate of drug-likeness (QED) is 0.162. The van der Waals surface area contributed by atoms with Gasteiger partial charge in [0.15, 0.2) is 6.61 Å². The Morgan fingerprint density at radius 2 is 1.85 bits per heavy atom. The van der Waals surface area contributed by atoms with Crippen molar-refractivity contribution in [3.8, 4) is 23.1 Å². The topological polar surface area (TPSA) is 161 Å². The number of rotatable bonds is 11. The van der Waals surface area contributed by atoms with Gasteiger partial charge in [-0.2, -0.15) is 10.4 Å². The SMILES string of the molecule is COCc1cccc(CN=CC(=NN)c2cc(-c3cccc(C#N)c3F)nc(NC(=O)COc3ccccc3)n2)n1. The second-order valence-electron chi connectivity index (χ2n) is 8.43. The molecule has 0 atom stereocenters. The van der Waals surface area contributed by atoms with Crippen molar-refractivity contribution in [2.24, 2.45) is 15.9 Å². The lowest BCUT2D eigenvalue weighted by Crippen LogP contribution is -2.22. The molecule has 11 nitrogen and oxygen atoms in total. The first kappa shape index (κ1) is 28.5. The third-order valence-corrected chi connectivity index (χ3v) is 5.51. The van der Waals surface area contributed by atoms with Crippen molar-refractivity contribution in [2.75, 3.05) is 19.0 Å². The summed E-state index contributed by atoms with van der Waals surface area (Å²) in [7, 11) is 1.59. The van der Waals surface area contributed by atoms with Crippen LogP contribution in [0.2, 0.25) is 0 Å². The van der Waals surface area contributed by atoms with Crippen LogP contribution in [0.3, 0.4) is 0 Å². The van der Waals surface area contributed by atoms with E-state index in [0.29, 0.717) is 18.1 Å². The number of benzene rings is 2. The molecule has 0 radical (unpaired) electrons. The van der Waals surface area contributed by atoms with E-state index in [4.69, 9.17) is 15.3 Å². The molecule has 0 fully saturated rings. The number of aromatic nitrogens is 3. The van der Waals surface area contributed by atoms with Crippen LogP contribution in [0.5, 0.6) is 5.75 Å². The molecule has 0 aliphatic carbocycles. The van der Waals surface area contributed by atoms with Crippen molar-refractivity contribution in [1.82, 2.24) is 15.0 Å². The van der Waals surface area contributed by atoms with Gasteiger partial charge in [0, 0.05) is 12.7 Å². The summed E-state index contributed by atoms with van der Waals surface area (Å²) in [5.41, 5.74) is 1.69. The van der Waals surface area contributed by atoms with Gasteiger partial charge in [-0.3, -0.25) is 20.1 Å². The van der Waals surface area contributed by atoms with Crippen molar-refractivity contribution in [3.05, 3.63) is 101 Å². The Bertz CT molecular complexity index is 1620. The Kier molecular flexibility index (Phi) is 9.73. The number of halogens is 1. The Balaban J connectivity index is 1.62. The number of aliphatic imine (C=N–C) groups is 1. The molecule has 2 heterocycles. The lowest BCUT2D eigenvalue weighted by Gasteiger charge is -2.11. The molecule has 0 aliphatic rings. The van der Waals surface area contributed by atoms with Gasteiger partial charge in [-0.15, -0.1) is 0 Å². The number of nitriles is 1. The number of anilines is 1. The summed E-state index contributed by atoms with van der Waals surface area (Å²) >= 11 is 0. The molecule has 1 amide bonds. The molecule has 0 saturated carbocycles. The zero-order valence-corrected chi connectivity index (χ0v) is 22.0. The average molecular weight is 553 g/mol. The highest BCUT2D eigenvalue weighted by Crippen LogP contribution is 2.25. The van der Waals surface area contributed by atoms with Gasteiger partial charge in [-0.1, -0.05) is 30.3 Å². The normalized spacial score (nSPS) is 11.3. The lowest BCUT2D eigenvalue weighted by molar-refractivity contribution is -0.118. The predicted molar refractivity (Wildman–Crippen MR) is 151 cm³/mol. The second-order valence-corrected chi connectivity index (χ2v) is 8.43. The number of methoxy groups -OCH3 is 1. The van der Waals surface area contributed by atoms with E-state index in [2.05, 4.69) is 30.4 Å². The zero-order valence-electron chi connectivity index (χ0n) is 22.0. The van der Waals surface area contributed by atoms with Gasteiger partial charge >= 0.3 is 0 Å². The summed E-state index contributed by atoms with van der Waals surface area (Å²) in [5.74, 6) is 4.69. The molecule has 0 unspecified atom stereocenters. The smallest absolute Gasteiger partial charge is 0.264 e. The largest absolute Gasteiger partial charge is 0.484 e. The summed E-state index contributed by atoms with van der Waals surface area (Å²) in [5, 5.41) is 15.6. The molecule has 41 heavy (non-hydrogen) atoms. The van der Waals surface area contributed by atoms with Gasteiger partial charge in [-0.25, -0.2) is 14.4 Å². The number of ether oxygens (including phenoxy) is 2. The number of carbonyl (C=O) groups is 1.